The largest absolute Gasteiger partial charge is 0.394 e. The van der Waals surface area contributed by atoms with Gasteiger partial charge in [-0.05, 0) is 64.6 Å². The molecule has 0 saturated heterocycles. The molecule has 0 aromatic heterocycles. The highest BCUT2D eigenvalue weighted by atomic mass is 16.3. The Morgan fingerprint density at radius 1 is 1.00 bits per heavy atom. The van der Waals surface area contributed by atoms with Crippen molar-refractivity contribution in [3.8, 4) is 0 Å². The van der Waals surface area contributed by atoms with Crippen molar-refractivity contribution in [1.29, 1.82) is 0 Å². The maximum Gasteiger partial charge on any atom is 0.0611 e. The summed E-state index contributed by atoms with van der Waals surface area (Å²) in [5, 5.41) is 13.1. The van der Waals surface area contributed by atoms with Gasteiger partial charge in [0.05, 0.1) is 6.61 Å². The van der Waals surface area contributed by atoms with Crippen molar-refractivity contribution in [2.45, 2.75) is 79.3 Å². The second-order valence-electron chi connectivity index (χ2n) is 7.70. The third kappa shape index (κ3) is 9.49. The van der Waals surface area contributed by atoms with Crippen LogP contribution >= 0.6 is 0 Å². The van der Waals surface area contributed by atoms with Crippen LogP contribution in [0.4, 0.5) is 0 Å². The van der Waals surface area contributed by atoms with Crippen molar-refractivity contribution in [2.24, 2.45) is 11.8 Å². The molecule has 21 heavy (non-hydrogen) atoms. The molecule has 3 nitrogen and oxygen atoms in total. The molecule has 0 rings (SSSR count). The Labute approximate surface area is 133 Å². The molecule has 0 aliphatic carbocycles. The van der Waals surface area contributed by atoms with Crippen LogP contribution in [0.2, 0.25) is 0 Å². The SMILES string of the molecule is CCNC(C)(CO)CC(C)N(CCC(C)C)CCC(C)C. The van der Waals surface area contributed by atoms with Crippen LogP contribution < -0.4 is 5.32 Å². The fourth-order valence-corrected chi connectivity index (χ4v) is 2.80. The predicted molar refractivity (Wildman–Crippen MR) is 93.7 cm³/mol. The molecule has 0 aliphatic rings. The third-order valence-electron chi connectivity index (χ3n) is 4.31. The third-order valence-corrected chi connectivity index (χ3v) is 4.31. The Kier molecular flexibility index (Phi) is 10.5. The Balaban J connectivity index is 4.62. The van der Waals surface area contributed by atoms with Crippen LogP contribution in [0.5, 0.6) is 0 Å². The second kappa shape index (κ2) is 10.6. The van der Waals surface area contributed by atoms with Gasteiger partial charge >= 0.3 is 0 Å². The summed E-state index contributed by atoms with van der Waals surface area (Å²) in [6.45, 7) is 19.2. The molecule has 2 unspecified atom stereocenters. The summed E-state index contributed by atoms with van der Waals surface area (Å²) in [7, 11) is 0. The summed E-state index contributed by atoms with van der Waals surface area (Å²) in [6.07, 6.45) is 3.49. The van der Waals surface area contributed by atoms with Crippen LogP contribution in [0.25, 0.3) is 0 Å². The van der Waals surface area contributed by atoms with Gasteiger partial charge in [-0.3, -0.25) is 0 Å². The molecule has 0 amide bonds. The second-order valence-corrected chi connectivity index (χ2v) is 7.70. The van der Waals surface area contributed by atoms with Gasteiger partial charge in [-0.15, -0.1) is 0 Å². The van der Waals surface area contributed by atoms with E-state index in [2.05, 4.69) is 58.7 Å². The predicted octanol–water partition coefficient (Wildman–Crippen LogP) is 3.52. The van der Waals surface area contributed by atoms with Crippen molar-refractivity contribution < 1.29 is 5.11 Å². The summed E-state index contributed by atoms with van der Waals surface area (Å²) in [5.74, 6) is 1.49. The quantitative estimate of drug-likeness (QED) is 0.579. The van der Waals surface area contributed by atoms with E-state index in [1.807, 2.05) is 0 Å². The molecule has 3 heteroatoms. The topological polar surface area (TPSA) is 35.5 Å². The molecule has 2 N–H and O–H groups in total. The lowest BCUT2D eigenvalue weighted by Crippen LogP contribution is -2.51. The highest BCUT2D eigenvalue weighted by molar-refractivity contribution is 4.87. The van der Waals surface area contributed by atoms with Gasteiger partial charge in [0, 0.05) is 11.6 Å². The zero-order valence-electron chi connectivity index (χ0n) is 15.6. The molecule has 0 aromatic rings. The summed E-state index contributed by atoms with van der Waals surface area (Å²) in [6, 6.07) is 0.499. The zero-order chi connectivity index (χ0) is 16.5. The number of rotatable bonds is 12. The van der Waals surface area contributed by atoms with Gasteiger partial charge in [-0.2, -0.15) is 0 Å². The number of nitrogens with zero attached hydrogens (tertiary/aromatic N) is 1. The zero-order valence-corrected chi connectivity index (χ0v) is 15.6. The number of likely N-dealkylation sites (N-methyl/N-ethyl adjacent to an activating group) is 1. The van der Waals surface area contributed by atoms with Crippen molar-refractivity contribution in [2.75, 3.05) is 26.2 Å². The van der Waals surface area contributed by atoms with Gasteiger partial charge < -0.3 is 15.3 Å². The average Bonchev–Trinajstić information content (AvgIpc) is 2.38. The van der Waals surface area contributed by atoms with E-state index in [1.165, 1.54) is 25.9 Å². The molecular formula is C18H40N2O. The smallest absolute Gasteiger partial charge is 0.0611 e. The first-order chi connectivity index (χ1) is 9.74. The molecule has 0 bridgehead atoms. The molecule has 128 valence electrons. The van der Waals surface area contributed by atoms with Crippen LogP contribution in [-0.4, -0.2) is 47.8 Å². The Hall–Kier alpha value is -0.120. The Morgan fingerprint density at radius 3 is 1.81 bits per heavy atom. The first-order valence-electron chi connectivity index (χ1n) is 8.84. The minimum absolute atomic E-state index is 0.165. The molecule has 0 radical (unpaired) electrons. The molecular weight excluding hydrogens is 260 g/mol. The molecule has 0 aromatic carbocycles. The number of aliphatic hydroxyl groups is 1. The first-order valence-corrected chi connectivity index (χ1v) is 8.84. The van der Waals surface area contributed by atoms with Gasteiger partial charge in [0.25, 0.3) is 0 Å². The molecule has 0 aliphatic heterocycles. The van der Waals surface area contributed by atoms with Crippen molar-refractivity contribution >= 4 is 0 Å². The minimum Gasteiger partial charge on any atom is -0.394 e. The summed E-state index contributed by atoms with van der Waals surface area (Å²) in [4.78, 5) is 2.62. The molecule has 2 atom stereocenters. The van der Waals surface area contributed by atoms with E-state index < -0.39 is 0 Å². The summed E-state index contributed by atoms with van der Waals surface area (Å²) < 4.78 is 0. The van der Waals surface area contributed by atoms with E-state index in [-0.39, 0.29) is 12.1 Å². The minimum atomic E-state index is -0.165. The van der Waals surface area contributed by atoms with Crippen molar-refractivity contribution in [1.82, 2.24) is 10.2 Å². The van der Waals surface area contributed by atoms with Crippen molar-refractivity contribution in [3.05, 3.63) is 0 Å². The Morgan fingerprint density at radius 2 is 1.48 bits per heavy atom. The van der Waals surface area contributed by atoms with Gasteiger partial charge in [0.2, 0.25) is 0 Å². The van der Waals surface area contributed by atoms with E-state index >= 15 is 0 Å². The fraction of sp³-hybridized carbons (Fsp3) is 1.00. The fourth-order valence-electron chi connectivity index (χ4n) is 2.80. The number of hydrogen-bond acceptors (Lipinski definition) is 3. The summed E-state index contributed by atoms with van der Waals surface area (Å²) in [5.41, 5.74) is -0.165. The van der Waals surface area contributed by atoms with Gasteiger partial charge in [0.15, 0.2) is 0 Å². The normalized spacial score (nSPS) is 16.7. The maximum absolute atomic E-state index is 9.70. The molecule has 0 heterocycles. The lowest BCUT2D eigenvalue weighted by molar-refractivity contribution is 0.109. The number of aliphatic hydroxyl groups excluding tert-OH is 1. The molecule has 0 spiro atoms. The lowest BCUT2D eigenvalue weighted by Gasteiger charge is -2.37. The van der Waals surface area contributed by atoms with Gasteiger partial charge in [-0.1, -0.05) is 34.6 Å². The number of nitrogens with one attached hydrogen (secondary N) is 1. The van der Waals surface area contributed by atoms with E-state index in [0.29, 0.717) is 6.04 Å². The van der Waals surface area contributed by atoms with Crippen LogP contribution in [0, 0.1) is 11.8 Å². The molecule has 0 fully saturated rings. The maximum atomic E-state index is 9.70. The van der Waals surface area contributed by atoms with E-state index in [9.17, 15) is 5.11 Å². The van der Waals surface area contributed by atoms with Gasteiger partial charge in [0.1, 0.15) is 0 Å². The lowest BCUT2D eigenvalue weighted by atomic mass is 9.93. The average molecular weight is 301 g/mol. The van der Waals surface area contributed by atoms with Crippen LogP contribution in [0.3, 0.4) is 0 Å². The van der Waals surface area contributed by atoms with E-state index in [0.717, 1.165) is 24.8 Å². The van der Waals surface area contributed by atoms with E-state index in [4.69, 9.17) is 0 Å². The van der Waals surface area contributed by atoms with Crippen LogP contribution in [0.1, 0.15) is 67.7 Å². The van der Waals surface area contributed by atoms with Crippen LogP contribution in [0.15, 0.2) is 0 Å². The highest BCUT2D eigenvalue weighted by Gasteiger charge is 2.27. The molecule has 0 saturated carbocycles. The summed E-state index contributed by atoms with van der Waals surface area (Å²) >= 11 is 0. The Bertz CT molecular complexity index is 244. The number of hydrogen-bond donors (Lipinski definition) is 2. The van der Waals surface area contributed by atoms with E-state index in [1.54, 1.807) is 0 Å². The van der Waals surface area contributed by atoms with Gasteiger partial charge in [-0.25, -0.2) is 0 Å². The monoisotopic (exact) mass is 300 g/mol. The van der Waals surface area contributed by atoms with Crippen LogP contribution in [-0.2, 0) is 0 Å². The first kappa shape index (κ1) is 20.9. The highest BCUT2D eigenvalue weighted by Crippen LogP contribution is 2.18. The standard InChI is InChI=1S/C18H40N2O/c1-8-19-18(7,14-21)13-17(6)20(11-9-15(2)3)12-10-16(4)5/h15-17,19,21H,8-14H2,1-7H3. The van der Waals surface area contributed by atoms with Crippen molar-refractivity contribution in [3.63, 3.8) is 0 Å².